The SMILES string of the molecule is C=C(C)[C@@H](OC(C)=O)C1C[C@@H](C)[C@H]2C(O1)[C@H](O)[C@@]1(C)C3CC[C@H]4C(C)(C)C(O[C@H]5CN(CC(C)=O)CCO5)CC[C@@]45C[C@@]35CC[C@]21C. The molecule has 47 heavy (non-hydrogen) atoms. The molecule has 0 aromatic carbocycles. The summed E-state index contributed by atoms with van der Waals surface area (Å²) in [5, 5.41) is 12.5. The molecule has 7 aliphatic rings. The summed E-state index contributed by atoms with van der Waals surface area (Å²) in [5.74, 6) is 1.51. The summed E-state index contributed by atoms with van der Waals surface area (Å²) in [4.78, 5) is 26.0. The van der Waals surface area contributed by atoms with Crippen molar-refractivity contribution < 1.29 is 33.6 Å². The number of Topliss-reactive ketones (excluding diaryl/α,β-unsaturated/α-hetero) is 1. The van der Waals surface area contributed by atoms with Gasteiger partial charge in [0.05, 0.1) is 44.1 Å². The number of esters is 1. The van der Waals surface area contributed by atoms with Crippen LogP contribution in [0, 0.1) is 50.7 Å². The molecule has 0 aromatic rings. The van der Waals surface area contributed by atoms with Gasteiger partial charge in [0.1, 0.15) is 11.9 Å². The van der Waals surface area contributed by atoms with Crippen LogP contribution in [0.5, 0.6) is 0 Å². The molecule has 8 nitrogen and oxygen atoms in total. The highest BCUT2D eigenvalue weighted by Gasteiger charge is 2.84. The maximum Gasteiger partial charge on any atom is 0.303 e. The van der Waals surface area contributed by atoms with E-state index in [1.54, 1.807) is 6.92 Å². The van der Waals surface area contributed by atoms with E-state index in [4.69, 9.17) is 18.9 Å². The Morgan fingerprint density at radius 1 is 1.02 bits per heavy atom. The van der Waals surface area contributed by atoms with Gasteiger partial charge in [-0.1, -0.05) is 41.2 Å². The largest absolute Gasteiger partial charge is 0.455 e. The number of rotatable bonds is 7. The number of aliphatic hydroxyl groups excluding tert-OH is 1. The number of ether oxygens (including phenoxy) is 4. The minimum atomic E-state index is -0.559. The average Bonchev–Trinajstić information content (AvgIpc) is 3.61. The predicted octanol–water partition coefficient (Wildman–Crippen LogP) is 5.94. The van der Waals surface area contributed by atoms with Crippen molar-refractivity contribution in [1.29, 1.82) is 0 Å². The van der Waals surface area contributed by atoms with Crippen LogP contribution in [0.3, 0.4) is 0 Å². The number of carbonyl (C=O) groups excluding carboxylic acids is 2. The average molecular weight is 656 g/mol. The molecule has 2 spiro atoms. The molecule has 0 radical (unpaired) electrons. The molecule has 8 heteroatoms. The Hall–Kier alpha value is -1.32. The van der Waals surface area contributed by atoms with Gasteiger partial charge in [0.15, 0.2) is 6.29 Å². The summed E-state index contributed by atoms with van der Waals surface area (Å²) < 4.78 is 25.5. The number of morpholine rings is 1. The van der Waals surface area contributed by atoms with Gasteiger partial charge in [-0.15, -0.1) is 0 Å². The van der Waals surface area contributed by atoms with Crippen LogP contribution in [-0.4, -0.2) is 84.8 Å². The zero-order valence-electron chi connectivity index (χ0n) is 30.3. The summed E-state index contributed by atoms with van der Waals surface area (Å²) in [7, 11) is 0. The fourth-order valence-corrected chi connectivity index (χ4v) is 13.8. The molecule has 0 bridgehead atoms. The molecule has 7 rings (SSSR count). The fourth-order valence-electron chi connectivity index (χ4n) is 13.8. The number of aliphatic hydroxyl groups is 1. The molecule has 5 saturated carbocycles. The van der Waals surface area contributed by atoms with Crippen molar-refractivity contribution in [2.45, 2.75) is 144 Å². The fraction of sp³-hybridized carbons (Fsp3) is 0.897. The van der Waals surface area contributed by atoms with Gasteiger partial charge < -0.3 is 24.1 Å². The van der Waals surface area contributed by atoms with Gasteiger partial charge in [-0.2, -0.15) is 0 Å². The molecular formula is C39H61NO7. The summed E-state index contributed by atoms with van der Waals surface area (Å²) in [6.07, 6.45) is 7.20. The van der Waals surface area contributed by atoms with E-state index >= 15 is 0 Å². The molecule has 0 aromatic heterocycles. The minimum Gasteiger partial charge on any atom is -0.455 e. The van der Waals surface area contributed by atoms with E-state index in [9.17, 15) is 14.7 Å². The highest BCUT2D eigenvalue weighted by molar-refractivity contribution is 5.77. The van der Waals surface area contributed by atoms with E-state index < -0.39 is 12.2 Å². The van der Waals surface area contributed by atoms with Crippen molar-refractivity contribution in [2.75, 3.05) is 26.2 Å². The lowest BCUT2D eigenvalue weighted by Crippen LogP contribution is -2.60. The van der Waals surface area contributed by atoms with Crippen LogP contribution in [-0.2, 0) is 28.5 Å². The van der Waals surface area contributed by atoms with Crippen molar-refractivity contribution >= 4 is 11.8 Å². The van der Waals surface area contributed by atoms with Crippen LogP contribution >= 0.6 is 0 Å². The Labute approximate surface area is 282 Å². The second-order valence-electron chi connectivity index (χ2n) is 18.3. The maximum absolute atomic E-state index is 12.5. The van der Waals surface area contributed by atoms with Gasteiger partial charge in [0.2, 0.25) is 0 Å². The first-order valence-electron chi connectivity index (χ1n) is 18.7. The number of hydrogen-bond donors (Lipinski definition) is 1. The Kier molecular flexibility index (Phi) is 8.24. The standard InChI is InChI=1S/C39H61NO7/c1-22(2)32(45-25(5)42)26-18-23(3)31-33(46-26)34(43)37(9)28-11-10-27-35(6,7)29(47-30-20-40(16-17-44-30)19-24(4)41)12-13-38(27)21-39(28,38)15-14-36(31,37)8/h23,26-34,43H,1,10-21H2,2-9H3/t23-,26?,27+,28?,29?,30+,31+,32-,33?,34+,36-,37-,38-,39+/m1/s1. The lowest BCUT2D eigenvalue weighted by molar-refractivity contribution is -0.248. The molecule has 5 aliphatic carbocycles. The Balaban J connectivity index is 1.12. The van der Waals surface area contributed by atoms with Gasteiger partial charge in [-0.3, -0.25) is 14.5 Å². The molecule has 0 amide bonds. The van der Waals surface area contributed by atoms with Gasteiger partial charge >= 0.3 is 5.97 Å². The topological polar surface area (TPSA) is 94.5 Å². The molecule has 4 unspecified atom stereocenters. The van der Waals surface area contributed by atoms with E-state index in [2.05, 4.69) is 46.1 Å². The maximum atomic E-state index is 12.5. The second kappa shape index (κ2) is 11.3. The van der Waals surface area contributed by atoms with Crippen LogP contribution in [0.1, 0.15) is 107 Å². The van der Waals surface area contributed by atoms with Crippen molar-refractivity contribution in [3.05, 3.63) is 12.2 Å². The predicted molar refractivity (Wildman–Crippen MR) is 178 cm³/mol. The molecule has 7 fully saturated rings. The van der Waals surface area contributed by atoms with E-state index in [0.717, 1.165) is 44.2 Å². The smallest absolute Gasteiger partial charge is 0.303 e. The van der Waals surface area contributed by atoms with E-state index in [1.807, 2.05) is 6.92 Å². The highest BCUT2D eigenvalue weighted by atomic mass is 16.7. The lowest BCUT2D eigenvalue weighted by atomic mass is 9.41. The van der Waals surface area contributed by atoms with Gasteiger partial charge in [0, 0.05) is 18.9 Å². The molecule has 1 N–H and O–H groups in total. The summed E-state index contributed by atoms with van der Waals surface area (Å²) in [5.41, 5.74) is 1.12. The summed E-state index contributed by atoms with van der Waals surface area (Å²) >= 11 is 0. The van der Waals surface area contributed by atoms with Gasteiger partial charge in [-0.05, 0) is 116 Å². The Morgan fingerprint density at radius 2 is 1.72 bits per heavy atom. The monoisotopic (exact) mass is 655 g/mol. The lowest BCUT2D eigenvalue weighted by Gasteiger charge is -2.64. The number of fused-ring (bicyclic) bond motifs is 4. The number of nitrogens with zero attached hydrogens (tertiary/aromatic N) is 1. The van der Waals surface area contributed by atoms with Crippen LogP contribution in [0.4, 0.5) is 0 Å². The zero-order valence-corrected chi connectivity index (χ0v) is 30.3. The number of carbonyl (C=O) groups is 2. The molecule has 264 valence electrons. The quantitative estimate of drug-likeness (QED) is 0.266. The van der Waals surface area contributed by atoms with Crippen molar-refractivity contribution in [1.82, 2.24) is 4.90 Å². The number of hydrogen-bond acceptors (Lipinski definition) is 8. The van der Waals surface area contributed by atoms with Crippen molar-refractivity contribution in [2.24, 2.45) is 50.7 Å². The third kappa shape index (κ3) is 4.77. The van der Waals surface area contributed by atoms with Crippen molar-refractivity contribution in [3.63, 3.8) is 0 Å². The first-order chi connectivity index (χ1) is 22.0. The van der Waals surface area contributed by atoms with Crippen molar-refractivity contribution in [3.8, 4) is 0 Å². The Bertz CT molecular complexity index is 1300. The molecule has 2 heterocycles. The first-order valence-corrected chi connectivity index (χ1v) is 18.7. The summed E-state index contributed by atoms with van der Waals surface area (Å²) in [6.45, 7) is 23.7. The van der Waals surface area contributed by atoms with E-state index in [1.165, 1.54) is 26.2 Å². The van der Waals surface area contributed by atoms with E-state index in [-0.39, 0.29) is 63.9 Å². The normalized spacial score (nSPS) is 50.5. The third-order valence-electron chi connectivity index (χ3n) is 15.8. The van der Waals surface area contributed by atoms with Crippen LogP contribution < -0.4 is 0 Å². The Morgan fingerprint density at radius 3 is 2.40 bits per heavy atom. The zero-order chi connectivity index (χ0) is 33.9. The molecule has 14 atom stereocenters. The third-order valence-corrected chi connectivity index (χ3v) is 15.8. The first kappa shape index (κ1) is 34.1. The van der Waals surface area contributed by atoms with E-state index in [0.29, 0.717) is 42.9 Å². The minimum absolute atomic E-state index is 0.0159. The van der Waals surface area contributed by atoms with Crippen LogP contribution in [0.2, 0.25) is 0 Å². The molecule has 2 saturated heterocycles. The van der Waals surface area contributed by atoms with Crippen LogP contribution in [0.25, 0.3) is 0 Å². The van der Waals surface area contributed by atoms with Gasteiger partial charge in [-0.25, -0.2) is 0 Å². The second-order valence-corrected chi connectivity index (χ2v) is 18.3. The molecular weight excluding hydrogens is 594 g/mol. The molecule has 2 aliphatic heterocycles. The summed E-state index contributed by atoms with van der Waals surface area (Å²) in [6, 6.07) is 0. The van der Waals surface area contributed by atoms with Crippen LogP contribution in [0.15, 0.2) is 12.2 Å². The number of ketones is 1. The van der Waals surface area contributed by atoms with Gasteiger partial charge in [0.25, 0.3) is 0 Å². The highest BCUT2D eigenvalue weighted by Crippen LogP contribution is 2.89.